The second-order valence-electron chi connectivity index (χ2n) is 5.89. The van der Waals surface area contributed by atoms with Crippen LogP contribution in [0.4, 0.5) is 0 Å². The summed E-state index contributed by atoms with van der Waals surface area (Å²) in [6.07, 6.45) is 2.28. The fourth-order valence-corrected chi connectivity index (χ4v) is 2.67. The van der Waals surface area contributed by atoms with Gasteiger partial charge >= 0.3 is 5.97 Å². The Morgan fingerprint density at radius 1 is 1.42 bits per heavy atom. The van der Waals surface area contributed by atoms with Gasteiger partial charge in [-0.2, -0.15) is 0 Å². The Hall–Kier alpha value is -0.650. The van der Waals surface area contributed by atoms with Crippen molar-refractivity contribution in [3.63, 3.8) is 0 Å². The second-order valence-corrected chi connectivity index (χ2v) is 5.89. The van der Waals surface area contributed by atoms with Gasteiger partial charge in [0.1, 0.15) is 0 Å². The zero-order valence-electron chi connectivity index (χ0n) is 12.3. The molecule has 19 heavy (non-hydrogen) atoms. The average Bonchev–Trinajstić information content (AvgIpc) is 2.34. The normalized spacial score (nSPS) is 28.0. The molecule has 0 aromatic carbocycles. The molecule has 112 valence electrons. The van der Waals surface area contributed by atoms with Crippen LogP contribution in [0.15, 0.2) is 0 Å². The number of aliphatic carboxylic acids is 1. The molecule has 5 nitrogen and oxygen atoms in total. The number of aliphatic hydroxyl groups is 1. The molecule has 0 amide bonds. The van der Waals surface area contributed by atoms with Crippen molar-refractivity contribution >= 4 is 5.97 Å². The van der Waals surface area contributed by atoms with Crippen LogP contribution in [0.5, 0.6) is 0 Å². The van der Waals surface area contributed by atoms with Crippen LogP contribution in [0, 0.1) is 5.92 Å². The van der Waals surface area contributed by atoms with E-state index in [9.17, 15) is 9.90 Å². The molecule has 1 fully saturated rings. The predicted octanol–water partition coefficient (Wildman–Crippen LogP) is 1.35. The van der Waals surface area contributed by atoms with E-state index in [4.69, 9.17) is 9.84 Å². The van der Waals surface area contributed by atoms with Crippen molar-refractivity contribution in [3.8, 4) is 0 Å². The van der Waals surface area contributed by atoms with Crippen LogP contribution < -0.4 is 0 Å². The number of rotatable bonds is 7. The number of carbonyl (C=O) groups is 1. The minimum absolute atomic E-state index is 0.285. The molecule has 0 heterocycles. The molecule has 0 saturated heterocycles. The van der Waals surface area contributed by atoms with Gasteiger partial charge in [0.05, 0.1) is 18.1 Å². The summed E-state index contributed by atoms with van der Waals surface area (Å²) in [6.45, 7) is 6.23. The van der Waals surface area contributed by atoms with Gasteiger partial charge in [-0.05, 0) is 39.5 Å². The molecule has 0 unspecified atom stereocenters. The molecule has 0 aliphatic heterocycles. The van der Waals surface area contributed by atoms with Gasteiger partial charge in [0.25, 0.3) is 0 Å². The zero-order valence-corrected chi connectivity index (χ0v) is 12.3. The topological polar surface area (TPSA) is 70.0 Å². The van der Waals surface area contributed by atoms with E-state index in [1.54, 1.807) is 7.11 Å². The number of methoxy groups -OCH3 is 1. The summed E-state index contributed by atoms with van der Waals surface area (Å²) in [6, 6.07) is 0.344. The highest BCUT2D eigenvalue weighted by molar-refractivity contribution is 5.70. The van der Waals surface area contributed by atoms with Crippen LogP contribution in [0.25, 0.3) is 0 Å². The number of hydrogen-bond acceptors (Lipinski definition) is 4. The van der Waals surface area contributed by atoms with Gasteiger partial charge in [-0.3, -0.25) is 9.69 Å². The van der Waals surface area contributed by atoms with E-state index in [2.05, 4.69) is 18.7 Å². The van der Waals surface area contributed by atoms with Gasteiger partial charge in [-0.15, -0.1) is 0 Å². The molecule has 1 aliphatic rings. The fourth-order valence-electron chi connectivity index (χ4n) is 2.67. The van der Waals surface area contributed by atoms with Crippen molar-refractivity contribution < 1.29 is 19.7 Å². The lowest BCUT2D eigenvalue weighted by atomic mass is 9.78. The highest BCUT2D eigenvalue weighted by atomic mass is 16.5. The summed E-state index contributed by atoms with van der Waals surface area (Å²) in [7, 11) is 1.67. The lowest BCUT2D eigenvalue weighted by Gasteiger charge is -2.40. The molecule has 1 rings (SSSR count). The lowest BCUT2D eigenvalue weighted by molar-refractivity contribution is -0.145. The highest BCUT2D eigenvalue weighted by Crippen LogP contribution is 2.33. The van der Waals surface area contributed by atoms with E-state index in [0.717, 1.165) is 6.54 Å². The molecule has 5 heteroatoms. The molecule has 0 radical (unpaired) electrons. The van der Waals surface area contributed by atoms with Crippen LogP contribution in [0.2, 0.25) is 0 Å². The first-order valence-electron chi connectivity index (χ1n) is 7.06. The Bertz CT molecular complexity index is 285. The van der Waals surface area contributed by atoms with Gasteiger partial charge < -0.3 is 14.9 Å². The number of hydrogen-bond donors (Lipinski definition) is 2. The molecule has 0 bridgehead atoms. The Labute approximate surface area is 115 Å². The summed E-state index contributed by atoms with van der Waals surface area (Å²) >= 11 is 0. The molecule has 0 aromatic heterocycles. The van der Waals surface area contributed by atoms with E-state index in [1.165, 1.54) is 0 Å². The minimum atomic E-state index is -0.746. The van der Waals surface area contributed by atoms with E-state index >= 15 is 0 Å². The van der Waals surface area contributed by atoms with Crippen molar-refractivity contribution in [2.45, 2.75) is 51.2 Å². The van der Waals surface area contributed by atoms with E-state index < -0.39 is 11.6 Å². The van der Waals surface area contributed by atoms with Gasteiger partial charge in [0.2, 0.25) is 0 Å². The lowest BCUT2D eigenvalue weighted by Crippen LogP contribution is -2.49. The number of carboxylic acid groups (broad SMARTS) is 1. The summed E-state index contributed by atoms with van der Waals surface area (Å²) in [5.41, 5.74) is -0.746. The van der Waals surface area contributed by atoms with Crippen molar-refractivity contribution in [2.75, 3.05) is 26.8 Å². The second kappa shape index (κ2) is 7.22. The molecule has 0 aromatic rings. The molecule has 2 N–H and O–H groups in total. The van der Waals surface area contributed by atoms with Crippen molar-refractivity contribution in [1.82, 2.24) is 4.90 Å². The maximum absolute atomic E-state index is 10.9. The van der Waals surface area contributed by atoms with E-state index in [1.807, 2.05) is 0 Å². The number of ether oxygens (including phenoxy) is 1. The molecular formula is C14H27NO4. The Morgan fingerprint density at radius 2 is 2.00 bits per heavy atom. The van der Waals surface area contributed by atoms with Gasteiger partial charge in [-0.25, -0.2) is 0 Å². The van der Waals surface area contributed by atoms with Crippen LogP contribution in [0.1, 0.15) is 39.5 Å². The monoisotopic (exact) mass is 273 g/mol. The first-order valence-corrected chi connectivity index (χ1v) is 7.06. The summed E-state index contributed by atoms with van der Waals surface area (Å²) in [4.78, 5) is 13.1. The quantitative estimate of drug-likeness (QED) is 0.732. The molecule has 0 spiro atoms. The molecular weight excluding hydrogens is 246 g/mol. The third-order valence-corrected chi connectivity index (χ3v) is 4.08. The van der Waals surface area contributed by atoms with Crippen molar-refractivity contribution in [2.24, 2.45) is 5.92 Å². The van der Waals surface area contributed by atoms with Crippen molar-refractivity contribution in [1.29, 1.82) is 0 Å². The largest absolute Gasteiger partial charge is 0.481 e. The molecule has 1 aliphatic carbocycles. The molecule has 0 atom stereocenters. The van der Waals surface area contributed by atoms with E-state index in [0.29, 0.717) is 44.9 Å². The predicted molar refractivity (Wildman–Crippen MR) is 73.1 cm³/mol. The van der Waals surface area contributed by atoms with Gasteiger partial charge in [0.15, 0.2) is 0 Å². The first kappa shape index (κ1) is 16.4. The third-order valence-electron chi connectivity index (χ3n) is 4.08. The minimum Gasteiger partial charge on any atom is -0.481 e. The Kier molecular flexibility index (Phi) is 6.23. The molecule has 1 saturated carbocycles. The fraction of sp³-hybridized carbons (Fsp3) is 0.929. The first-order chi connectivity index (χ1) is 8.88. The summed E-state index contributed by atoms with van der Waals surface area (Å²) in [5.74, 6) is -1.02. The van der Waals surface area contributed by atoms with Crippen LogP contribution in [-0.2, 0) is 9.53 Å². The van der Waals surface area contributed by atoms with E-state index in [-0.39, 0.29) is 5.92 Å². The zero-order chi connectivity index (χ0) is 14.5. The maximum atomic E-state index is 10.9. The number of carboxylic acids is 1. The average molecular weight is 273 g/mol. The van der Waals surface area contributed by atoms with Crippen LogP contribution in [0.3, 0.4) is 0 Å². The smallest absolute Gasteiger partial charge is 0.306 e. The summed E-state index contributed by atoms with van der Waals surface area (Å²) in [5, 5.41) is 19.6. The SMILES string of the molecule is COCCN(CC1(O)CCC(C(=O)O)CC1)C(C)C. The Morgan fingerprint density at radius 3 is 2.42 bits per heavy atom. The number of nitrogens with zero attached hydrogens (tertiary/aromatic N) is 1. The highest BCUT2D eigenvalue weighted by Gasteiger charge is 2.37. The van der Waals surface area contributed by atoms with Gasteiger partial charge in [0, 0.05) is 26.2 Å². The Balaban J connectivity index is 2.51. The standard InChI is InChI=1S/C14H27NO4/c1-11(2)15(8-9-19-3)10-14(18)6-4-12(5-7-14)13(16)17/h11-12,18H,4-10H2,1-3H3,(H,16,17). The van der Waals surface area contributed by atoms with Crippen molar-refractivity contribution in [3.05, 3.63) is 0 Å². The van der Waals surface area contributed by atoms with Crippen LogP contribution in [-0.4, -0.2) is 59.5 Å². The van der Waals surface area contributed by atoms with Crippen LogP contribution >= 0.6 is 0 Å². The third kappa shape index (κ3) is 5.09. The summed E-state index contributed by atoms with van der Waals surface area (Å²) < 4.78 is 5.09. The maximum Gasteiger partial charge on any atom is 0.306 e. The van der Waals surface area contributed by atoms with Gasteiger partial charge in [-0.1, -0.05) is 0 Å².